The van der Waals surface area contributed by atoms with E-state index in [2.05, 4.69) is 29.7 Å². The molecule has 0 saturated carbocycles. The summed E-state index contributed by atoms with van der Waals surface area (Å²) in [5.74, 6) is 0.792. The van der Waals surface area contributed by atoms with E-state index in [1.54, 1.807) is 13.0 Å². The summed E-state index contributed by atoms with van der Waals surface area (Å²) in [4.78, 5) is 16.3. The summed E-state index contributed by atoms with van der Waals surface area (Å²) in [6.45, 7) is 8.70. The van der Waals surface area contributed by atoms with Gasteiger partial charge >= 0.3 is 0 Å². The lowest BCUT2D eigenvalue weighted by molar-refractivity contribution is -0.118. The van der Waals surface area contributed by atoms with E-state index in [1.807, 2.05) is 12.1 Å². The maximum Gasteiger partial charge on any atom is 0.167 e. The number of Topliss-reactive ketones (excluding diaryl/α,β-unsaturated/α-hetero) is 1. The molecule has 2 atom stereocenters. The Kier molecular flexibility index (Phi) is 6.70. The van der Waals surface area contributed by atoms with E-state index in [-0.39, 0.29) is 18.2 Å². The van der Waals surface area contributed by atoms with Gasteiger partial charge in [-0.15, -0.1) is 0 Å². The van der Waals surface area contributed by atoms with Crippen LogP contribution in [0.15, 0.2) is 30.3 Å². The van der Waals surface area contributed by atoms with Crippen molar-refractivity contribution in [1.29, 1.82) is 0 Å². The van der Waals surface area contributed by atoms with E-state index in [9.17, 15) is 9.18 Å². The van der Waals surface area contributed by atoms with Crippen molar-refractivity contribution < 1.29 is 18.7 Å². The fourth-order valence-electron chi connectivity index (χ4n) is 5.18. The van der Waals surface area contributed by atoms with Gasteiger partial charge in [0.25, 0.3) is 0 Å². The number of ketones is 1. The molecule has 2 aliphatic rings. The van der Waals surface area contributed by atoms with Crippen LogP contribution in [-0.2, 0) is 4.79 Å². The molecule has 2 aliphatic heterocycles. The first-order valence-corrected chi connectivity index (χ1v) is 11.5. The fourth-order valence-corrected chi connectivity index (χ4v) is 5.18. The Bertz CT molecular complexity index is 993. The lowest BCUT2D eigenvalue weighted by atomic mass is 9.86. The first kappa shape index (κ1) is 22.6. The number of halogens is 1. The summed E-state index contributed by atoms with van der Waals surface area (Å²) in [5.41, 5.74) is 4.74. The topological polar surface area (TPSA) is 42.0 Å². The Balaban J connectivity index is 1.52. The molecule has 4 rings (SSSR count). The number of ether oxygens (including phenoxy) is 2. The van der Waals surface area contributed by atoms with Crippen LogP contribution < -0.4 is 14.4 Å². The number of rotatable bonds is 6. The van der Waals surface area contributed by atoms with Crippen LogP contribution in [0.4, 0.5) is 10.1 Å². The van der Waals surface area contributed by atoms with Crippen molar-refractivity contribution in [2.75, 3.05) is 38.3 Å². The molecule has 0 N–H and O–H groups in total. The SMILES string of the molecule is COc1cc(N2CCN3[C@@H](CCC[C@@H]3c3ccc(OCC(C)=O)c(C)c3C)C2)ccc1F. The summed E-state index contributed by atoms with van der Waals surface area (Å²) in [7, 11) is 1.51. The van der Waals surface area contributed by atoms with Crippen molar-refractivity contribution in [1.82, 2.24) is 4.90 Å². The summed E-state index contributed by atoms with van der Waals surface area (Å²) in [6.07, 6.45) is 3.51. The molecule has 2 heterocycles. The predicted octanol–water partition coefficient (Wildman–Crippen LogP) is 4.83. The van der Waals surface area contributed by atoms with Gasteiger partial charge in [-0.1, -0.05) is 6.07 Å². The molecule has 2 saturated heterocycles. The van der Waals surface area contributed by atoms with Gasteiger partial charge < -0.3 is 14.4 Å². The highest BCUT2D eigenvalue weighted by Crippen LogP contribution is 2.40. The van der Waals surface area contributed by atoms with Gasteiger partial charge in [0.1, 0.15) is 12.4 Å². The van der Waals surface area contributed by atoms with Crippen molar-refractivity contribution >= 4 is 11.5 Å². The fraction of sp³-hybridized carbons (Fsp3) is 0.500. The van der Waals surface area contributed by atoms with Crippen LogP contribution in [-0.4, -0.2) is 50.1 Å². The van der Waals surface area contributed by atoms with Crippen LogP contribution in [0.2, 0.25) is 0 Å². The van der Waals surface area contributed by atoms with Gasteiger partial charge in [-0.25, -0.2) is 4.39 Å². The van der Waals surface area contributed by atoms with Gasteiger partial charge in [0.05, 0.1) is 7.11 Å². The Hall–Kier alpha value is -2.60. The molecule has 172 valence electrons. The van der Waals surface area contributed by atoms with E-state index in [0.29, 0.717) is 17.8 Å². The van der Waals surface area contributed by atoms with Crippen molar-refractivity contribution in [3.8, 4) is 11.5 Å². The number of hydrogen-bond acceptors (Lipinski definition) is 5. The number of hydrogen-bond donors (Lipinski definition) is 0. The maximum absolute atomic E-state index is 13.9. The van der Waals surface area contributed by atoms with E-state index >= 15 is 0 Å². The number of benzene rings is 2. The Morgan fingerprint density at radius 3 is 2.66 bits per heavy atom. The molecule has 0 aromatic heterocycles. The number of fused-ring (bicyclic) bond motifs is 1. The number of carbonyl (C=O) groups excluding carboxylic acids is 1. The molecule has 2 aromatic rings. The molecular weight excluding hydrogens is 407 g/mol. The second-order valence-electron chi connectivity index (χ2n) is 9.00. The zero-order valence-electron chi connectivity index (χ0n) is 19.5. The van der Waals surface area contributed by atoms with Crippen LogP contribution in [0.5, 0.6) is 11.5 Å². The summed E-state index contributed by atoms with van der Waals surface area (Å²) >= 11 is 0. The zero-order chi connectivity index (χ0) is 22.8. The third-order valence-corrected chi connectivity index (χ3v) is 7.01. The van der Waals surface area contributed by atoms with Gasteiger partial charge in [-0.2, -0.15) is 0 Å². The molecule has 0 spiro atoms. The molecular formula is C26H33FN2O3. The highest BCUT2D eigenvalue weighted by atomic mass is 19.1. The van der Waals surface area contributed by atoms with E-state index < -0.39 is 0 Å². The van der Waals surface area contributed by atoms with Gasteiger partial charge in [0.2, 0.25) is 0 Å². The van der Waals surface area contributed by atoms with E-state index in [0.717, 1.165) is 43.1 Å². The molecule has 32 heavy (non-hydrogen) atoms. The minimum atomic E-state index is -0.325. The predicted molar refractivity (Wildman–Crippen MR) is 124 cm³/mol. The summed E-state index contributed by atoms with van der Waals surface area (Å²) in [5, 5.41) is 0. The number of anilines is 1. The van der Waals surface area contributed by atoms with E-state index in [1.165, 1.54) is 37.1 Å². The second-order valence-corrected chi connectivity index (χ2v) is 9.00. The van der Waals surface area contributed by atoms with Crippen LogP contribution in [0, 0.1) is 19.7 Å². The summed E-state index contributed by atoms with van der Waals surface area (Å²) < 4.78 is 24.7. The summed E-state index contributed by atoms with van der Waals surface area (Å²) in [6, 6.07) is 10.2. The molecule has 6 heteroatoms. The lowest BCUT2D eigenvalue weighted by Crippen LogP contribution is -2.56. The highest BCUT2D eigenvalue weighted by Gasteiger charge is 2.36. The zero-order valence-corrected chi connectivity index (χ0v) is 19.5. The molecule has 0 amide bonds. The molecule has 0 aliphatic carbocycles. The minimum Gasteiger partial charge on any atom is -0.494 e. The molecule has 0 radical (unpaired) electrons. The Morgan fingerprint density at radius 2 is 1.91 bits per heavy atom. The van der Waals surface area contributed by atoms with Crippen molar-refractivity contribution in [3.63, 3.8) is 0 Å². The molecule has 5 nitrogen and oxygen atoms in total. The number of piperidine rings is 1. The highest BCUT2D eigenvalue weighted by molar-refractivity contribution is 5.77. The first-order chi connectivity index (χ1) is 15.4. The Labute approximate surface area is 190 Å². The minimum absolute atomic E-state index is 0.0258. The molecule has 2 fully saturated rings. The monoisotopic (exact) mass is 440 g/mol. The first-order valence-electron chi connectivity index (χ1n) is 11.5. The van der Waals surface area contributed by atoms with Crippen molar-refractivity contribution in [3.05, 3.63) is 52.8 Å². The van der Waals surface area contributed by atoms with E-state index in [4.69, 9.17) is 9.47 Å². The Morgan fingerprint density at radius 1 is 1.09 bits per heavy atom. The number of piperazine rings is 1. The van der Waals surface area contributed by atoms with Crippen LogP contribution in [0.25, 0.3) is 0 Å². The second kappa shape index (κ2) is 9.49. The van der Waals surface area contributed by atoms with Gasteiger partial charge in [0.15, 0.2) is 17.3 Å². The average Bonchev–Trinajstić information content (AvgIpc) is 2.79. The van der Waals surface area contributed by atoms with Crippen molar-refractivity contribution in [2.24, 2.45) is 0 Å². The maximum atomic E-state index is 13.9. The third-order valence-electron chi connectivity index (χ3n) is 7.01. The molecule has 0 bridgehead atoms. The van der Waals surface area contributed by atoms with Gasteiger partial charge in [-0.05, 0) is 74.9 Å². The number of nitrogens with zero attached hydrogens (tertiary/aromatic N) is 2. The third kappa shape index (κ3) is 4.46. The largest absolute Gasteiger partial charge is 0.494 e. The quantitative estimate of drug-likeness (QED) is 0.643. The average molecular weight is 441 g/mol. The standard InChI is InChI=1S/C26H33FN2O3/c1-17(30)16-32-25-11-9-22(18(2)19(25)3)24-7-5-6-21-15-28(12-13-29(21)24)20-8-10-23(27)26(14-20)31-4/h8-11,14,21,24H,5-7,12-13,15-16H2,1-4H3/t21-,24+/m0/s1. The number of carbonyl (C=O) groups is 1. The van der Waals surface area contributed by atoms with Crippen LogP contribution >= 0.6 is 0 Å². The smallest absolute Gasteiger partial charge is 0.167 e. The number of methoxy groups -OCH3 is 1. The lowest BCUT2D eigenvalue weighted by Gasteiger charge is -2.49. The van der Waals surface area contributed by atoms with Crippen LogP contribution in [0.3, 0.4) is 0 Å². The molecule has 0 unspecified atom stereocenters. The van der Waals surface area contributed by atoms with Crippen molar-refractivity contribution in [2.45, 2.75) is 52.1 Å². The molecule has 2 aromatic carbocycles. The van der Waals surface area contributed by atoms with Crippen LogP contribution in [0.1, 0.15) is 48.9 Å². The normalized spacial score (nSPS) is 21.2. The van der Waals surface area contributed by atoms with Gasteiger partial charge in [0, 0.05) is 43.5 Å². The van der Waals surface area contributed by atoms with Gasteiger partial charge in [-0.3, -0.25) is 9.69 Å².